The second kappa shape index (κ2) is 27.3. The molecular weight excluding hydrogens is 493 g/mol. The van der Waals surface area contributed by atoms with E-state index in [2.05, 4.69) is 14.4 Å². The van der Waals surface area contributed by atoms with Crippen LogP contribution in [-0.2, 0) is 37.3 Å². The van der Waals surface area contributed by atoms with Gasteiger partial charge >= 0.3 is 6.09 Å². The first kappa shape index (κ1) is 37.4. The van der Waals surface area contributed by atoms with E-state index in [1.807, 2.05) is 0 Å². The van der Waals surface area contributed by atoms with Crippen molar-refractivity contribution in [2.75, 3.05) is 74.1 Å². The van der Waals surface area contributed by atoms with Crippen LogP contribution in [0.1, 0.15) is 71.6 Å². The SMILES string of the molecule is C.COCCOCC(COC(=O)NCCCCCCCCCCCCOP(=O)([O-])OC)OCCOC. The number of phosphoric ester groups is 1. The number of unbranched alkanes of at least 4 members (excludes halogenated alkanes) is 9. The van der Waals surface area contributed by atoms with E-state index >= 15 is 0 Å². The highest BCUT2D eigenvalue weighted by Crippen LogP contribution is 2.36. The van der Waals surface area contributed by atoms with Crippen molar-refractivity contribution < 1.29 is 47.0 Å². The Balaban J connectivity index is 0. The van der Waals surface area contributed by atoms with Crippen molar-refractivity contribution in [1.29, 1.82) is 0 Å². The molecule has 0 aromatic heterocycles. The molecule has 1 amide bonds. The molecule has 0 saturated heterocycles. The maximum Gasteiger partial charge on any atom is 0.407 e. The van der Waals surface area contributed by atoms with Crippen molar-refractivity contribution in [2.45, 2.75) is 77.7 Å². The number of hydrogen-bond donors (Lipinski definition) is 1. The summed E-state index contributed by atoms with van der Waals surface area (Å²) in [5, 5.41) is 2.77. The zero-order valence-electron chi connectivity index (χ0n) is 21.8. The summed E-state index contributed by atoms with van der Waals surface area (Å²) in [6.45, 7) is 2.99. The van der Waals surface area contributed by atoms with Crippen molar-refractivity contribution in [2.24, 2.45) is 0 Å². The van der Waals surface area contributed by atoms with Gasteiger partial charge in [-0.05, 0) is 12.8 Å². The van der Waals surface area contributed by atoms with Crippen LogP contribution >= 0.6 is 7.82 Å². The van der Waals surface area contributed by atoms with Crippen LogP contribution in [0, 0.1) is 0 Å². The van der Waals surface area contributed by atoms with Gasteiger partial charge in [-0.25, -0.2) is 4.79 Å². The fourth-order valence-corrected chi connectivity index (χ4v) is 3.54. The third kappa shape index (κ3) is 26.3. The van der Waals surface area contributed by atoms with E-state index in [0.717, 1.165) is 45.6 Å². The summed E-state index contributed by atoms with van der Waals surface area (Å²) in [6, 6.07) is 0. The van der Waals surface area contributed by atoms with E-state index in [1.54, 1.807) is 14.2 Å². The second-order valence-electron chi connectivity index (χ2n) is 8.08. The smallest absolute Gasteiger partial charge is 0.407 e. The molecule has 2 atom stereocenters. The van der Waals surface area contributed by atoms with Gasteiger partial charge in [0.25, 0.3) is 7.82 Å². The Kier molecular flexibility index (Phi) is 28.3. The number of rotatable bonds is 26. The number of amides is 1. The van der Waals surface area contributed by atoms with E-state index in [0.29, 0.717) is 46.0 Å². The van der Waals surface area contributed by atoms with Crippen molar-refractivity contribution >= 4 is 13.9 Å². The lowest BCUT2D eigenvalue weighted by atomic mass is 10.1. The molecule has 12 heteroatoms. The third-order valence-corrected chi connectivity index (χ3v) is 6.04. The zero-order chi connectivity index (χ0) is 26.0. The topological polar surface area (TPSA) is 134 Å². The normalized spacial score (nSPS) is 13.6. The van der Waals surface area contributed by atoms with Crippen molar-refractivity contribution in [3.63, 3.8) is 0 Å². The van der Waals surface area contributed by atoms with Crippen LogP contribution in [0.2, 0.25) is 0 Å². The molecule has 0 radical (unpaired) electrons. The summed E-state index contributed by atoms with van der Waals surface area (Å²) < 4.78 is 46.2. The quantitative estimate of drug-likeness (QED) is 0.125. The number of nitrogens with one attached hydrogen (secondary N) is 1. The van der Waals surface area contributed by atoms with Crippen LogP contribution in [0.3, 0.4) is 0 Å². The molecule has 0 rings (SSSR count). The van der Waals surface area contributed by atoms with Crippen LogP contribution in [0.25, 0.3) is 0 Å². The van der Waals surface area contributed by atoms with Crippen LogP contribution in [0.5, 0.6) is 0 Å². The summed E-state index contributed by atoms with van der Waals surface area (Å²) in [5.41, 5.74) is 0. The minimum atomic E-state index is -4.08. The number of phosphoric acid groups is 1. The third-order valence-electron chi connectivity index (χ3n) is 5.09. The molecule has 36 heavy (non-hydrogen) atoms. The molecule has 0 aliphatic rings. The van der Waals surface area contributed by atoms with Crippen molar-refractivity contribution in [3.8, 4) is 0 Å². The Hall–Kier alpha value is -0.780. The lowest BCUT2D eigenvalue weighted by Crippen LogP contribution is -2.33. The molecule has 0 fully saturated rings. The lowest BCUT2D eigenvalue weighted by Gasteiger charge is -2.19. The van der Waals surface area contributed by atoms with E-state index < -0.39 is 13.9 Å². The number of ether oxygens (including phenoxy) is 5. The van der Waals surface area contributed by atoms with E-state index in [1.165, 1.54) is 19.3 Å². The molecule has 218 valence electrons. The average molecular weight is 545 g/mol. The van der Waals surface area contributed by atoms with Gasteiger partial charge in [-0.2, -0.15) is 0 Å². The average Bonchev–Trinajstić information content (AvgIpc) is 2.84. The highest BCUT2D eigenvalue weighted by molar-refractivity contribution is 7.45. The Morgan fingerprint density at radius 2 is 1.33 bits per heavy atom. The van der Waals surface area contributed by atoms with Gasteiger partial charge in [-0.1, -0.05) is 58.8 Å². The minimum Gasteiger partial charge on any atom is -0.756 e. The first-order chi connectivity index (χ1) is 16.9. The van der Waals surface area contributed by atoms with Crippen molar-refractivity contribution in [3.05, 3.63) is 0 Å². The molecule has 0 aromatic carbocycles. The number of alkyl carbamates (subject to hydrolysis) is 1. The van der Waals surface area contributed by atoms with Crippen LogP contribution < -0.4 is 10.2 Å². The highest BCUT2D eigenvalue weighted by Gasteiger charge is 2.13. The van der Waals surface area contributed by atoms with Crippen molar-refractivity contribution in [1.82, 2.24) is 5.32 Å². The molecule has 0 aliphatic carbocycles. The van der Waals surface area contributed by atoms with Gasteiger partial charge < -0.3 is 42.9 Å². The molecular formula is C24H51NO10P-. The molecule has 2 unspecified atom stereocenters. The summed E-state index contributed by atoms with van der Waals surface area (Å²) in [4.78, 5) is 22.9. The monoisotopic (exact) mass is 544 g/mol. The molecule has 0 saturated carbocycles. The van der Waals surface area contributed by atoms with Gasteiger partial charge in [0.05, 0.1) is 39.6 Å². The highest BCUT2D eigenvalue weighted by atomic mass is 31.2. The number of methoxy groups -OCH3 is 2. The summed E-state index contributed by atoms with van der Waals surface area (Å²) in [7, 11) is 0.224. The summed E-state index contributed by atoms with van der Waals surface area (Å²) in [5.74, 6) is 0. The molecule has 0 bridgehead atoms. The number of carbonyl (C=O) groups excluding carboxylic acids is 1. The first-order valence-corrected chi connectivity index (χ1v) is 14.0. The van der Waals surface area contributed by atoms with Gasteiger partial charge in [0.1, 0.15) is 12.7 Å². The molecule has 0 aromatic rings. The molecule has 11 nitrogen and oxygen atoms in total. The van der Waals surface area contributed by atoms with Crippen LogP contribution in [0.15, 0.2) is 0 Å². The van der Waals surface area contributed by atoms with Gasteiger partial charge in [-0.15, -0.1) is 0 Å². The van der Waals surface area contributed by atoms with E-state index in [4.69, 9.17) is 23.7 Å². The van der Waals surface area contributed by atoms with Crippen LogP contribution in [-0.4, -0.2) is 86.3 Å². The minimum absolute atomic E-state index is 0. The standard InChI is InChI=1S/C23H48NO10P.CH4/c1-28-16-18-31-20-22(32-19-17-29-2)21-33-23(25)24-14-12-10-8-6-4-5-7-9-11-13-15-34-35(26,27)30-3;/h22H,4-21H2,1-3H3,(H,24,25)(H,26,27);1H4/p-1. The van der Waals surface area contributed by atoms with Crippen LogP contribution in [0.4, 0.5) is 4.79 Å². The fourth-order valence-electron chi connectivity index (χ4n) is 3.08. The summed E-state index contributed by atoms with van der Waals surface area (Å²) >= 11 is 0. The number of hydrogen-bond acceptors (Lipinski definition) is 10. The number of carbonyl (C=O) groups is 1. The Labute approximate surface area is 218 Å². The first-order valence-electron chi connectivity index (χ1n) is 12.5. The zero-order valence-corrected chi connectivity index (χ0v) is 22.7. The molecule has 0 aliphatic heterocycles. The molecule has 0 heterocycles. The van der Waals surface area contributed by atoms with E-state index in [9.17, 15) is 14.3 Å². The largest absolute Gasteiger partial charge is 0.756 e. The maximum absolute atomic E-state index is 11.9. The van der Waals surface area contributed by atoms with Gasteiger partial charge in [0.2, 0.25) is 0 Å². The predicted molar refractivity (Wildman–Crippen MR) is 137 cm³/mol. The molecule has 1 N–H and O–H groups in total. The summed E-state index contributed by atoms with van der Waals surface area (Å²) in [6.07, 6.45) is 9.70. The lowest BCUT2D eigenvalue weighted by molar-refractivity contribution is -0.223. The Morgan fingerprint density at radius 3 is 1.92 bits per heavy atom. The predicted octanol–water partition coefficient (Wildman–Crippen LogP) is 4.08. The van der Waals surface area contributed by atoms with Gasteiger partial charge in [-0.3, -0.25) is 4.57 Å². The second-order valence-corrected chi connectivity index (χ2v) is 9.59. The van der Waals surface area contributed by atoms with Gasteiger partial charge in [0.15, 0.2) is 0 Å². The Bertz CT molecular complexity index is 527. The fraction of sp³-hybridized carbons (Fsp3) is 0.958. The maximum atomic E-state index is 11.9. The Morgan fingerprint density at radius 1 is 0.778 bits per heavy atom. The van der Waals surface area contributed by atoms with Gasteiger partial charge in [0, 0.05) is 27.9 Å². The molecule has 0 spiro atoms. The van der Waals surface area contributed by atoms with E-state index in [-0.39, 0.29) is 26.7 Å².